The zero-order chi connectivity index (χ0) is 17.1. The van der Waals surface area contributed by atoms with Gasteiger partial charge in [0.25, 0.3) is 5.24 Å². The molecule has 0 saturated carbocycles. The van der Waals surface area contributed by atoms with E-state index in [1.54, 1.807) is 0 Å². The van der Waals surface area contributed by atoms with Crippen LogP contribution in [0.4, 0.5) is 4.79 Å². The van der Waals surface area contributed by atoms with Crippen molar-refractivity contribution in [2.24, 2.45) is 0 Å². The molecule has 1 aromatic carbocycles. The quantitative estimate of drug-likeness (QED) is 0.841. The molecule has 0 aromatic heterocycles. The first kappa shape index (κ1) is 17.0. The lowest BCUT2D eigenvalue weighted by Gasteiger charge is -2.35. The molecule has 24 heavy (non-hydrogen) atoms. The van der Waals surface area contributed by atoms with Gasteiger partial charge in [-0.05, 0) is 31.7 Å². The van der Waals surface area contributed by atoms with Crippen molar-refractivity contribution in [1.29, 1.82) is 0 Å². The summed E-state index contributed by atoms with van der Waals surface area (Å²) in [6.07, 6.45) is 2.63. The molecular formula is C18H22N2O3S. The van der Waals surface area contributed by atoms with Gasteiger partial charge in [0.2, 0.25) is 11.8 Å². The SMILES string of the molecule is Cc1cccc(CCC(=O)N2CCC(N3C(=O)CSC3=O)CC2)c1. The van der Waals surface area contributed by atoms with Gasteiger partial charge >= 0.3 is 0 Å². The second-order valence-electron chi connectivity index (χ2n) is 6.42. The van der Waals surface area contributed by atoms with Crippen LogP contribution in [0.1, 0.15) is 30.4 Å². The van der Waals surface area contributed by atoms with Gasteiger partial charge in [-0.25, -0.2) is 0 Å². The minimum absolute atomic E-state index is 0.0409. The minimum atomic E-state index is -0.135. The summed E-state index contributed by atoms with van der Waals surface area (Å²) in [4.78, 5) is 39.2. The number of imide groups is 1. The van der Waals surface area contributed by atoms with Crippen LogP contribution in [0.2, 0.25) is 0 Å². The smallest absolute Gasteiger partial charge is 0.289 e. The van der Waals surface area contributed by atoms with Crippen LogP contribution in [-0.4, -0.2) is 51.7 Å². The van der Waals surface area contributed by atoms with E-state index in [0.717, 1.165) is 18.2 Å². The predicted molar refractivity (Wildman–Crippen MR) is 93.8 cm³/mol. The molecule has 3 amide bonds. The predicted octanol–water partition coefficient (Wildman–Crippen LogP) is 2.61. The van der Waals surface area contributed by atoms with E-state index < -0.39 is 0 Å². The molecule has 2 aliphatic rings. The van der Waals surface area contributed by atoms with Crippen molar-refractivity contribution in [3.8, 4) is 0 Å². The number of carbonyl (C=O) groups is 3. The third-order valence-electron chi connectivity index (χ3n) is 4.68. The molecule has 2 heterocycles. The third-order valence-corrected chi connectivity index (χ3v) is 5.51. The van der Waals surface area contributed by atoms with Gasteiger partial charge in [0.15, 0.2) is 0 Å². The molecule has 1 aromatic rings. The molecule has 0 bridgehead atoms. The van der Waals surface area contributed by atoms with Gasteiger partial charge in [-0.15, -0.1) is 0 Å². The fourth-order valence-corrected chi connectivity index (χ4v) is 4.14. The van der Waals surface area contributed by atoms with Crippen LogP contribution in [0.15, 0.2) is 24.3 Å². The normalized spacial score (nSPS) is 19.2. The fourth-order valence-electron chi connectivity index (χ4n) is 3.37. The lowest BCUT2D eigenvalue weighted by atomic mass is 10.0. The summed E-state index contributed by atoms with van der Waals surface area (Å²) in [5, 5.41) is -0.135. The molecule has 0 unspecified atom stereocenters. The largest absolute Gasteiger partial charge is 0.343 e. The van der Waals surface area contributed by atoms with Gasteiger partial charge < -0.3 is 4.90 Å². The first-order valence-electron chi connectivity index (χ1n) is 8.37. The van der Waals surface area contributed by atoms with E-state index >= 15 is 0 Å². The molecule has 6 heteroatoms. The van der Waals surface area contributed by atoms with Gasteiger partial charge in [0.1, 0.15) is 0 Å². The minimum Gasteiger partial charge on any atom is -0.343 e. The number of aryl methyl sites for hydroxylation is 2. The Morgan fingerprint density at radius 2 is 2.00 bits per heavy atom. The number of amides is 3. The summed E-state index contributed by atoms with van der Waals surface area (Å²) < 4.78 is 0. The third kappa shape index (κ3) is 3.80. The van der Waals surface area contributed by atoms with Crippen LogP contribution < -0.4 is 0 Å². The highest BCUT2D eigenvalue weighted by Gasteiger charge is 2.37. The van der Waals surface area contributed by atoms with Crippen LogP contribution in [0.25, 0.3) is 0 Å². The maximum Gasteiger partial charge on any atom is 0.289 e. The Morgan fingerprint density at radius 3 is 2.62 bits per heavy atom. The van der Waals surface area contributed by atoms with Crippen molar-refractivity contribution in [1.82, 2.24) is 9.80 Å². The average molecular weight is 346 g/mol. The van der Waals surface area contributed by atoms with E-state index in [9.17, 15) is 14.4 Å². The van der Waals surface area contributed by atoms with E-state index in [4.69, 9.17) is 0 Å². The van der Waals surface area contributed by atoms with Gasteiger partial charge in [-0.1, -0.05) is 41.6 Å². The Bertz CT molecular complexity index is 637. The van der Waals surface area contributed by atoms with Crippen molar-refractivity contribution >= 4 is 28.8 Å². The van der Waals surface area contributed by atoms with Crippen LogP contribution in [0, 0.1) is 6.92 Å². The standard InChI is InChI=1S/C18H22N2O3S/c1-13-3-2-4-14(11-13)5-6-16(21)19-9-7-15(8-10-19)20-17(22)12-24-18(20)23/h2-4,11,15H,5-10,12H2,1H3. The molecule has 2 saturated heterocycles. The second kappa shape index (κ2) is 7.38. The number of hydrogen-bond donors (Lipinski definition) is 0. The number of carbonyl (C=O) groups excluding carboxylic acids is 3. The summed E-state index contributed by atoms with van der Waals surface area (Å²) >= 11 is 1.08. The van der Waals surface area contributed by atoms with Gasteiger partial charge in [0, 0.05) is 25.6 Å². The highest BCUT2D eigenvalue weighted by Crippen LogP contribution is 2.26. The Balaban J connectivity index is 1.48. The van der Waals surface area contributed by atoms with Crippen molar-refractivity contribution in [2.45, 2.75) is 38.6 Å². The molecular weight excluding hydrogens is 324 g/mol. The number of likely N-dealkylation sites (tertiary alicyclic amines) is 1. The molecule has 0 radical (unpaired) electrons. The van der Waals surface area contributed by atoms with Gasteiger partial charge in [-0.3, -0.25) is 19.3 Å². The van der Waals surface area contributed by atoms with E-state index in [2.05, 4.69) is 25.1 Å². The molecule has 0 spiro atoms. The topological polar surface area (TPSA) is 57.7 Å². The molecule has 5 nitrogen and oxygen atoms in total. The molecule has 2 fully saturated rings. The second-order valence-corrected chi connectivity index (χ2v) is 7.35. The van der Waals surface area contributed by atoms with Gasteiger partial charge in [-0.2, -0.15) is 0 Å². The van der Waals surface area contributed by atoms with Crippen LogP contribution in [0.3, 0.4) is 0 Å². The summed E-state index contributed by atoms with van der Waals surface area (Å²) in [6, 6.07) is 8.19. The fraction of sp³-hybridized carbons (Fsp3) is 0.500. The van der Waals surface area contributed by atoms with Gasteiger partial charge in [0.05, 0.1) is 5.75 Å². The number of nitrogens with zero attached hydrogens (tertiary/aromatic N) is 2. The summed E-state index contributed by atoms with van der Waals surface area (Å²) in [6.45, 7) is 3.30. The number of piperidine rings is 1. The van der Waals surface area contributed by atoms with Crippen LogP contribution in [0.5, 0.6) is 0 Å². The number of benzene rings is 1. The zero-order valence-electron chi connectivity index (χ0n) is 13.9. The van der Waals surface area contributed by atoms with E-state index in [-0.39, 0.29) is 28.8 Å². The van der Waals surface area contributed by atoms with Crippen molar-refractivity contribution < 1.29 is 14.4 Å². The Hall–Kier alpha value is -1.82. The lowest BCUT2D eigenvalue weighted by molar-refractivity contribution is -0.133. The molecule has 0 aliphatic carbocycles. The Kier molecular flexibility index (Phi) is 5.23. The monoisotopic (exact) mass is 346 g/mol. The zero-order valence-corrected chi connectivity index (χ0v) is 14.7. The molecule has 0 atom stereocenters. The van der Waals surface area contributed by atoms with E-state index in [0.29, 0.717) is 32.4 Å². The number of hydrogen-bond acceptors (Lipinski definition) is 4. The van der Waals surface area contributed by atoms with Crippen molar-refractivity contribution in [3.05, 3.63) is 35.4 Å². The van der Waals surface area contributed by atoms with E-state index in [1.165, 1.54) is 16.0 Å². The van der Waals surface area contributed by atoms with Crippen LogP contribution >= 0.6 is 11.8 Å². The number of rotatable bonds is 4. The Labute approximate surface area is 146 Å². The first-order chi connectivity index (χ1) is 11.5. The molecule has 128 valence electrons. The average Bonchev–Trinajstić information content (AvgIpc) is 2.92. The summed E-state index contributed by atoms with van der Waals surface area (Å²) in [5.74, 6) is 0.326. The Morgan fingerprint density at radius 1 is 1.25 bits per heavy atom. The number of thioether (sulfide) groups is 1. The highest BCUT2D eigenvalue weighted by molar-refractivity contribution is 8.14. The summed E-state index contributed by atoms with van der Waals surface area (Å²) in [7, 11) is 0. The maximum atomic E-state index is 12.4. The molecule has 2 aliphatic heterocycles. The van der Waals surface area contributed by atoms with E-state index in [1.807, 2.05) is 11.0 Å². The lowest BCUT2D eigenvalue weighted by Crippen LogP contribution is -2.48. The highest BCUT2D eigenvalue weighted by atomic mass is 32.2. The van der Waals surface area contributed by atoms with Crippen molar-refractivity contribution in [3.63, 3.8) is 0 Å². The van der Waals surface area contributed by atoms with Crippen molar-refractivity contribution in [2.75, 3.05) is 18.8 Å². The summed E-state index contributed by atoms with van der Waals surface area (Å²) in [5.41, 5.74) is 2.39. The molecule has 0 N–H and O–H groups in total. The molecule has 3 rings (SSSR count). The maximum absolute atomic E-state index is 12.4. The van der Waals surface area contributed by atoms with Crippen LogP contribution in [-0.2, 0) is 16.0 Å². The first-order valence-corrected chi connectivity index (χ1v) is 9.35.